The minimum absolute atomic E-state index is 0.00301. The van der Waals surface area contributed by atoms with Crippen LogP contribution in [0, 0.1) is 0 Å². The molecule has 0 unspecified atom stereocenters. The summed E-state index contributed by atoms with van der Waals surface area (Å²) in [7, 11) is -14.4. The number of benzene rings is 4. The van der Waals surface area contributed by atoms with Crippen molar-refractivity contribution in [1.29, 1.82) is 0 Å². The Kier molecular flexibility index (Phi) is 5.66. The lowest BCUT2D eigenvalue weighted by molar-refractivity contribution is -0.134. The van der Waals surface area contributed by atoms with Crippen molar-refractivity contribution in [2.45, 2.75) is 21.6 Å². The Hall–Kier alpha value is -2.88. The summed E-state index contributed by atoms with van der Waals surface area (Å²) in [6.45, 7) is 1.08. The van der Waals surface area contributed by atoms with Crippen molar-refractivity contribution in [1.82, 2.24) is 0 Å². The van der Waals surface area contributed by atoms with Crippen LogP contribution in [0.25, 0.3) is 32.3 Å². The fourth-order valence-electron chi connectivity index (χ4n) is 3.46. The van der Waals surface area contributed by atoms with Crippen LogP contribution in [0.4, 0.5) is 0 Å². The summed E-state index contributed by atoms with van der Waals surface area (Å²) in [6, 6.07) is 8.37. The molecule has 4 aromatic carbocycles. The molecule has 4 N–H and O–H groups in total. The second-order valence-corrected chi connectivity index (χ2v) is 10.8. The topological polar surface area (TPSA) is 200 Å². The van der Waals surface area contributed by atoms with Gasteiger partial charge in [-0.25, -0.2) is 0 Å². The van der Waals surface area contributed by atoms with E-state index >= 15 is 0 Å². The predicted octanol–water partition coefficient (Wildman–Crippen LogP) is 2.42. The number of rotatable bonds is 3. The molecule has 0 aliphatic carbocycles. The Morgan fingerprint density at radius 1 is 0.625 bits per heavy atom. The number of hydrogen-bond acceptors (Lipinski definition) is 7. The molecule has 14 heteroatoms. The van der Waals surface area contributed by atoms with E-state index < -0.39 is 51.0 Å². The Labute approximate surface area is 181 Å². The van der Waals surface area contributed by atoms with Gasteiger partial charge in [0, 0.05) is 28.5 Å². The van der Waals surface area contributed by atoms with Crippen molar-refractivity contribution in [3.8, 4) is 0 Å². The lowest BCUT2D eigenvalue weighted by Crippen LogP contribution is -2.06. The predicted molar refractivity (Wildman–Crippen MR) is 113 cm³/mol. The Morgan fingerprint density at radius 2 is 0.969 bits per heavy atom. The first-order valence-corrected chi connectivity index (χ1v) is 12.7. The number of carboxylic acids is 1. The van der Waals surface area contributed by atoms with Crippen molar-refractivity contribution in [3.63, 3.8) is 0 Å². The van der Waals surface area contributed by atoms with Gasteiger partial charge in [-0.3, -0.25) is 18.5 Å². The van der Waals surface area contributed by atoms with Crippen LogP contribution in [0.5, 0.6) is 0 Å². The summed E-state index contributed by atoms with van der Waals surface area (Å²) < 4.78 is 99.3. The minimum Gasteiger partial charge on any atom is -0.481 e. The van der Waals surface area contributed by atoms with Gasteiger partial charge in [0.2, 0.25) is 0 Å². The van der Waals surface area contributed by atoms with E-state index in [1.165, 1.54) is 30.3 Å². The second kappa shape index (κ2) is 7.61. The molecule has 170 valence electrons. The second-order valence-electron chi connectivity index (χ2n) is 6.63. The summed E-state index contributed by atoms with van der Waals surface area (Å²) in [5, 5.41) is 7.87. The van der Waals surface area contributed by atoms with E-state index in [4.69, 9.17) is 9.90 Å². The van der Waals surface area contributed by atoms with E-state index in [0.717, 1.165) is 13.0 Å². The lowest BCUT2D eigenvalue weighted by Gasteiger charge is -2.16. The van der Waals surface area contributed by atoms with E-state index in [1.54, 1.807) is 0 Å². The molecule has 0 aliphatic heterocycles. The molecular weight excluding hydrogens is 488 g/mol. The van der Waals surface area contributed by atoms with Gasteiger partial charge < -0.3 is 5.11 Å². The van der Waals surface area contributed by atoms with Crippen LogP contribution in [0.15, 0.2) is 57.2 Å². The highest BCUT2D eigenvalue weighted by Crippen LogP contribution is 2.41. The maximum atomic E-state index is 11.8. The van der Waals surface area contributed by atoms with Crippen molar-refractivity contribution < 1.29 is 48.8 Å². The zero-order chi connectivity index (χ0) is 24.2. The monoisotopic (exact) mass is 502 g/mol. The third-order valence-electron chi connectivity index (χ3n) is 4.50. The van der Waals surface area contributed by atoms with E-state index in [9.17, 15) is 38.9 Å². The average Bonchev–Trinajstić information content (AvgIpc) is 2.62. The van der Waals surface area contributed by atoms with Crippen LogP contribution in [0.1, 0.15) is 6.92 Å². The van der Waals surface area contributed by atoms with Crippen LogP contribution in [-0.4, -0.2) is 50.0 Å². The van der Waals surface area contributed by atoms with Crippen LogP contribution in [-0.2, 0) is 35.1 Å². The lowest BCUT2D eigenvalue weighted by atomic mass is 9.94. The third-order valence-corrected chi connectivity index (χ3v) is 7.20. The maximum absolute atomic E-state index is 11.8. The zero-order valence-corrected chi connectivity index (χ0v) is 18.4. The first-order chi connectivity index (χ1) is 14.5. The number of aliphatic carboxylic acids is 1. The van der Waals surface area contributed by atoms with Gasteiger partial charge in [0.05, 0.1) is 0 Å². The zero-order valence-electron chi connectivity index (χ0n) is 15.9. The summed E-state index contributed by atoms with van der Waals surface area (Å²) in [4.78, 5) is 7.01. The van der Waals surface area contributed by atoms with Gasteiger partial charge in [-0.2, -0.15) is 25.3 Å². The number of carbonyl (C=O) groups is 1. The van der Waals surface area contributed by atoms with Crippen molar-refractivity contribution >= 4 is 68.6 Å². The Morgan fingerprint density at radius 3 is 1.38 bits per heavy atom. The molecule has 0 heterocycles. The van der Waals surface area contributed by atoms with Gasteiger partial charge in [-0.15, -0.1) is 0 Å². The van der Waals surface area contributed by atoms with Crippen LogP contribution in [0.3, 0.4) is 0 Å². The van der Waals surface area contributed by atoms with E-state index in [-0.39, 0.29) is 26.9 Å². The molecule has 0 amide bonds. The minimum atomic E-state index is -4.89. The summed E-state index contributed by atoms with van der Waals surface area (Å²) in [5.74, 6) is -0.833. The van der Waals surface area contributed by atoms with Crippen molar-refractivity contribution in [3.05, 3.63) is 42.5 Å². The largest absolute Gasteiger partial charge is 0.481 e. The highest BCUT2D eigenvalue weighted by molar-refractivity contribution is 7.87. The average molecular weight is 503 g/mol. The van der Waals surface area contributed by atoms with Gasteiger partial charge in [0.15, 0.2) is 0 Å². The first-order valence-electron chi connectivity index (χ1n) is 8.40. The molecule has 11 nitrogen and oxygen atoms in total. The smallest absolute Gasteiger partial charge is 0.300 e. The van der Waals surface area contributed by atoms with Gasteiger partial charge in [0.1, 0.15) is 14.7 Å². The van der Waals surface area contributed by atoms with Gasteiger partial charge in [-0.1, -0.05) is 30.3 Å². The molecule has 0 saturated heterocycles. The van der Waals surface area contributed by atoms with Gasteiger partial charge in [0.25, 0.3) is 36.3 Å². The number of hydrogen-bond donors (Lipinski definition) is 4. The van der Waals surface area contributed by atoms with E-state index in [2.05, 4.69) is 0 Å². The highest BCUT2D eigenvalue weighted by Gasteiger charge is 2.26. The number of carboxylic acid groups (broad SMARTS) is 1. The van der Waals surface area contributed by atoms with Gasteiger partial charge >= 0.3 is 0 Å². The summed E-state index contributed by atoms with van der Waals surface area (Å²) in [5.41, 5.74) is 0. The SMILES string of the molecule is CC(=O)O.O=S(=O)(O)c1ccc2ccc3c(S(=O)(=O)O)cc(S(=O)(=O)O)c4ccc1c2c34. The van der Waals surface area contributed by atoms with Crippen LogP contribution < -0.4 is 0 Å². The van der Waals surface area contributed by atoms with E-state index in [0.29, 0.717) is 11.5 Å². The normalized spacial score (nSPS) is 12.8. The molecule has 4 aromatic rings. The maximum Gasteiger partial charge on any atom is 0.300 e. The first kappa shape index (κ1) is 23.8. The van der Waals surface area contributed by atoms with Crippen molar-refractivity contribution in [2.75, 3.05) is 0 Å². The molecule has 0 spiro atoms. The quantitative estimate of drug-likeness (QED) is 0.237. The molecule has 0 radical (unpaired) electrons. The molecule has 0 aromatic heterocycles. The highest BCUT2D eigenvalue weighted by atomic mass is 32.2. The van der Waals surface area contributed by atoms with Crippen LogP contribution in [0.2, 0.25) is 0 Å². The molecule has 0 saturated carbocycles. The van der Waals surface area contributed by atoms with Gasteiger partial charge in [-0.05, 0) is 22.9 Å². The molecule has 0 fully saturated rings. The summed E-state index contributed by atoms with van der Waals surface area (Å²) >= 11 is 0. The Bertz CT molecular complexity index is 1660. The molecular formula is C18H14O11S3. The van der Waals surface area contributed by atoms with E-state index in [1.807, 2.05) is 0 Å². The van der Waals surface area contributed by atoms with Crippen LogP contribution >= 0.6 is 0 Å². The molecule has 0 aliphatic rings. The summed E-state index contributed by atoms with van der Waals surface area (Å²) in [6.07, 6.45) is 0. The van der Waals surface area contributed by atoms with Crippen molar-refractivity contribution in [2.24, 2.45) is 0 Å². The fraction of sp³-hybridized carbons (Fsp3) is 0.0556. The Balaban J connectivity index is 0.000000668. The molecule has 32 heavy (non-hydrogen) atoms. The molecule has 0 bridgehead atoms. The molecule has 4 rings (SSSR count). The standard InChI is InChI=1S/C16H10O9S3.C2H4O2/c17-26(18,19)12-6-2-8-1-3-10-13(27(20,21)22)7-14(28(23,24)25)11-5-4-9(12)15(8)16(10)11;1-2(3)4/h1-7H,(H,17,18,19)(H,20,21,22)(H,23,24,25);1H3,(H,3,4). The third kappa shape index (κ3) is 4.23. The fourth-order valence-corrected chi connectivity index (χ4v) is 5.65. The molecule has 0 atom stereocenters.